The summed E-state index contributed by atoms with van der Waals surface area (Å²) in [5.41, 5.74) is 0.385. The molecule has 9 heteroatoms. The summed E-state index contributed by atoms with van der Waals surface area (Å²) in [6, 6.07) is 9.13. The van der Waals surface area contributed by atoms with Gasteiger partial charge in [-0.2, -0.15) is 0 Å². The van der Waals surface area contributed by atoms with E-state index in [1.165, 1.54) is 41.9 Å². The van der Waals surface area contributed by atoms with Crippen LogP contribution in [0.25, 0.3) is 0 Å². The first kappa shape index (κ1) is 18.3. The molecule has 2 aromatic heterocycles. The third kappa shape index (κ3) is 4.57. The molecule has 3 aromatic rings. The van der Waals surface area contributed by atoms with Crippen LogP contribution in [0.5, 0.6) is 0 Å². The lowest BCUT2D eigenvalue weighted by Crippen LogP contribution is -2.24. The van der Waals surface area contributed by atoms with Gasteiger partial charge in [0, 0.05) is 16.6 Å². The SMILES string of the molecule is Cc1ncc(CNC(=O)c2ccc(S(=O)(=O)NCc3ccco3)cc2)s1. The van der Waals surface area contributed by atoms with Gasteiger partial charge in [-0.25, -0.2) is 18.1 Å². The maximum absolute atomic E-state index is 12.3. The largest absolute Gasteiger partial charge is 0.468 e. The minimum atomic E-state index is -3.68. The Morgan fingerprint density at radius 1 is 1.19 bits per heavy atom. The van der Waals surface area contributed by atoms with Gasteiger partial charge in [0.1, 0.15) is 5.76 Å². The van der Waals surface area contributed by atoms with Crippen LogP contribution in [0.4, 0.5) is 0 Å². The quantitative estimate of drug-likeness (QED) is 0.644. The number of rotatable bonds is 7. The van der Waals surface area contributed by atoms with Crippen LogP contribution in [-0.4, -0.2) is 19.3 Å². The van der Waals surface area contributed by atoms with Crippen LogP contribution in [0, 0.1) is 6.92 Å². The van der Waals surface area contributed by atoms with Crippen LogP contribution in [0.3, 0.4) is 0 Å². The molecule has 136 valence electrons. The number of sulfonamides is 1. The summed E-state index contributed by atoms with van der Waals surface area (Å²) in [4.78, 5) is 17.3. The van der Waals surface area contributed by atoms with Crippen molar-refractivity contribution in [3.8, 4) is 0 Å². The van der Waals surface area contributed by atoms with Crippen LogP contribution >= 0.6 is 11.3 Å². The Balaban J connectivity index is 1.60. The van der Waals surface area contributed by atoms with Gasteiger partial charge in [0.25, 0.3) is 5.91 Å². The molecule has 1 aromatic carbocycles. The van der Waals surface area contributed by atoms with Gasteiger partial charge in [0.2, 0.25) is 10.0 Å². The Labute approximate surface area is 155 Å². The number of benzene rings is 1. The van der Waals surface area contributed by atoms with E-state index in [1.54, 1.807) is 18.3 Å². The number of nitrogens with one attached hydrogen (secondary N) is 2. The molecule has 3 rings (SSSR count). The second-order valence-electron chi connectivity index (χ2n) is 5.46. The molecule has 0 saturated heterocycles. The first-order chi connectivity index (χ1) is 12.4. The van der Waals surface area contributed by atoms with Crippen molar-refractivity contribution in [1.29, 1.82) is 0 Å². The fraction of sp³-hybridized carbons (Fsp3) is 0.176. The molecule has 0 radical (unpaired) electrons. The van der Waals surface area contributed by atoms with Gasteiger partial charge in [-0.15, -0.1) is 11.3 Å². The number of furan rings is 1. The number of aromatic nitrogens is 1. The molecule has 26 heavy (non-hydrogen) atoms. The van der Waals surface area contributed by atoms with Crippen molar-refractivity contribution in [3.63, 3.8) is 0 Å². The van der Waals surface area contributed by atoms with Crippen molar-refractivity contribution < 1.29 is 17.6 Å². The van der Waals surface area contributed by atoms with Crippen molar-refractivity contribution in [2.24, 2.45) is 0 Å². The maximum atomic E-state index is 12.3. The number of aryl methyl sites for hydroxylation is 1. The fourth-order valence-corrected chi connectivity index (χ4v) is 3.93. The molecule has 0 spiro atoms. The molecule has 0 fully saturated rings. The molecule has 2 N–H and O–H groups in total. The molecule has 0 atom stereocenters. The highest BCUT2D eigenvalue weighted by Gasteiger charge is 2.15. The normalized spacial score (nSPS) is 11.4. The molecule has 2 heterocycles. The summed E-state index contributed by atoms with van der Waals surface area (Å²) in [6.07, 6.45) is 3.20. The molecular weight excluding hydrogens is 374 g/mol. The lowest BCUT2D eigenvalue weighted by molar-refractivity contribution is 0.0951. The average molecular weight is 391 g/mol. The summed E-state index contributed by atoms with van der Waals surface area (Å²) in [5, 5.41) is 3.72. The first-order valence-electron chi connectivity index (χ1n) is 7.76. The molecule has 0 unspecified atom stereocenters. The molecular formula is C17H17N3O4S2. The number of nitrogens with zero attached hydrogens (tertiary/aromatic N) is 1. The van der Waals surface area contributed by atoms with Gasteiger partial charge in [0.15, 0.2) is 0 Å². The monoisotopic (exact) mass is 391 g/mol. The van der Waals surface area contributed by atoms with E-state index < -0.39 is 10.0 Å². The zero-order valence-electron chi connectivity index (χ0n) is 13.9. The Morgan fingerprint density at radius 3 is 2.58 bits per heavy atom. The van der Waals surface area contributed by atoms with Crippen LogP contribution in [0.2, 0.25) is 0 Å². The highest BCUT2D eigenvalue weighted by Crippen LogP contribution is 2.13. The van der Waals surface area contributed by atoms with E-state index in [4.69, 9.17) is 4.42 Å². The number of thiazole rings is 1. The Bertz CT molecular complexity index is 977. The third-order valence-electron chi connectivity index (χ3n) is 3.54. The first-order valence-corrected chi connectivity index (χ1v) is 10.1. The topological polar surface area (TPSA) is 101 Å². The number of amides is 1. The molecule has 0 saturated carbocycles. The number of carbonyl (C=O) groups excluding carboxylic acids is 1. The second kappa shape index (κ2) is 7.81. The molecule has 0 aliphatic rings. The third-order valence-corrected chi connectivity index (χ3v) is 5.87. The predicted molar refractivity (Wildman–Crippen MR) is 97.2 cm³/mol. The highest BCUT2D eigenvalue weighted by atomic mass is 32.2. The lowest BCUT2D eigenvalue weighted by atomic mass is 10.2. The van der Waals surface area contributed by atoms with Crippen LogP contribution in [-0.2, 0) is 23.1 Å². The summed E-state index contributed by atoms with van der Waals surface area (Å²) >= 11 is 1.51. The van der Waals surface area contributed by atoms with E-state index >= 15 is 0 Å². The number of carbonyl (C=O) groups is 1. The van der Waals surface area contributed by atoms with Crippen LogP contribution in [0.1, 0.15) is 26.0 Å². The van der Waals surface area contributed by atoms with E-state index in [9.17, 15) is 13.2 Å². The van der Waals surface area contributed by atoms with E-state index in [-0.39, 0.29) is 17.3 Å². The Kier molecular flexibility index (Phi) is 5.50. The minimum absolute atomic E-state index is 0.0613. The van der Waals surface area contributed by atoms with Gasteiger partial charge in [-0.3, -0.25) is 4.79 Å². The summed E-state index contributed by atoms with van der Waals surface area (Å²) in [7, 11) is -3.68. The molecule has 0 aliphatic carbocycles. The van der Waals surface area contributed by atoms with Gasteiger partial charge in [0.05, 0.1) is 29.3 Å². The number of hydrogen-bond acceptors (Lipinski definition) is 6. The van der Waals surface area contributed by atoms with E-state index in [0.29, 0.717) is 17.9 Å². The van der Waals surface area contributed by atoms with Crippen molar-refractivity contribution in [1.82, 2.24) is 15.0 Å². The molecule has 1 amide bonds. The van der Waals surface area contributed by atoms with Gasteiger partial charge < -0.3 is 9.73 Å². The summed E-state index contributed by atoms with van der Waals surface area (Å²) in [6.45, 7) is 2.34. The second-order valence-corrected chi connectivity index (χ2v) is 8.54. The van der Waals surface area contributed by atoms with Crippen molar-refractivity contribution in [2.45, 2.75) is 24.9 Å². The Hall–Kier alpha value is -2.49. The van der Waals surface area contributed by atoms with Crippen LogP contribution in [0.15, 0.2) is 58.2 Å². The van der Waals surface area contributed by atoms with E-state index in [2.05, 4.69) is 15.0 Å². The van der Waals surface area contributed by atoms with E-state index in [1.807, 2.05) is 6.92 Å². The predicted octanol–water partition coefficient (Wildman–Crippen LogP) is 2.45. The van der Waals surface area contributed by atoms with Gasteiger partial charge in [-0.1, -0.05) is 0 Å². The molecule has 0 bridgehead atoms. The van der Waals surface area contributed by atoms with Crippen molar-refractivity contribution in [3.05, 3.63) is 70.1 Å². The highest BCUT2D eigenvalue weighted by molar-refractivity contribution is 7.89. The zero-order valence-corrected chi connectivity index (χ0v) is 15.6. The minimum Gasteiger partial charge on any atom is -0.468 e. The number of hydrogen-bond donors (Lipinski definition) is 2. The average Bonchev–Trinajstić information content (AvgIpc) is 3.30. The smallest absolute Gasteiger partial charge is 0.251 e. The summed E-state index contributed by atoms with van der Waals surface area (Å²) < 4.78 is 32.1. The van der Waals surface area contributed by atoms with E-state index in [0.717, 1.165) is 9.88 Å². The molecule has 7 nitrogen and oxygen atoms in total. The standard InChI is InChI=1S/C17H17N3O4S2/c1-12-18-10-15(25-12)11-19-17(21)13-4-6-16(7-5-13)26(22,23)20-9-14-3-2-8-24-14/h2-8,10,20H,9,11H2,1H3,(H,19,21). The summed E-state index contributed by atoms with van der Waals surface area (Å²) in [5.74, 6) is 0.242. The Morgan fingerprint density at radius 2 is 1.96 bits per heavy atom. The van der Waals surface area contributed by atoms with Crippen LogP contribution < -0.4 is 10.0 Å². The lowest BCUT2D eigenvalue weighted by Gasteiger charge is -2.07. The van der Waals surface area contributed by atoms with Gasteiger partial charge in [-0.05, 0) is 43.3 Å². The maximum Gasteiger partial charge on any atom is 0.251 e. The molecule has 0 aliphatic heterocycles. The van der Waals surface area contributed by atoms with Crippen molar-refractivity contribution >= 4 is 27.3 Å². The zero-order chi connectivity index (χ0) is 18.6. The van der Waals surface area contributed by atoms with Crippen molar-refractivity contribution in [2.75, 3.05) is 0 Å². The fourth-order valence-electron chi connectivity index (χ4n) is 2.20. The van der Waals surface area contributed by atoms with Gasteiger partial charge >= 0.3 is 0 Å².